The lowest BCUT2D eigenvalue weighted by Crippen LogP contribution is -2.37. The largest absolute Gasteiger partial charge is 0.443 e. The van der Waals surface area contributed by atoms with Gasteiger partial charge in [-0.25, -0.2) is 4.98 Å². The highest BCUT2D eigenvalue weighted by Gasteiger charge is 2.16. The number of nitrogens with one attached hydrogen (secondary N) is 2. The zero-order valence-corrected chi connectivity index (χ0v) is 15.4. The van der Waals surface area contributed by atoms with Crippen LogP contribution >= 0.6 is 0 Å². The molecule has 8 heteroatoms. The second-order valence-electron chi connectivity index (χ2n) is 6.41. The number of aromatic nitrogens is 4. The van der Waals surface area contributed by atoms with Gasteiger partial charge in [-0.3, -0.25) is 4.99 Å². The lowest BCUT2D eigenvalue weighted by Gasteiger charge is -2.16. The number of hydrogen-bond donors (Lipinski definition) is 2. The van der Waals surface area contributed by atoms with Crippen molar-refractivity contribution in [2.24, 2.45) is 4.99 Å². The Labute approximate surface area is 157 Å². The molecule has 4 rings (SSSR count). The molecule has 3 heterocycles. The van der Waals surface area contributed by atoms with Gasteiger partial charge in [-0.1, -0.05) is 30.3 Å². The van der Waals surface area contributed by atoms with Gasteiger partial charge in [-0.05, 0) is 12.8 Å². The van der Waals surface area contributed by atoms with Crippen molar-refractivity contribution in [3.05, 3.63) is 54.1 Å². The second kappa shape index (κ2) is 8.03. The smallest absolute Gasteiger partial charge is 0.191 e. The van der Waals surface area contributed by atoms with E-state index in [4.69, 9.17) is 4.42 Å². The highest BCUT2D eigenvalue weighted by molar-refractivity contribution is 5.79. The lowest BCUT2D eigenvalue weighted by atomic mass is 10.1. The molecule has 1 aliphatic heterocycles. The molecule has 0 saturated carbocycles. The van der Waals surface area contributed by atoms with E-state index in [1.165, 1.54) is 19.2 Å². The summed E-state index contributed by atoms with van der Waals surface area (Å²) in [6.07, 6.45) is 4.85. The molecule has 3 aromatic rings. The van der Waals surface area contributed by atoms with Crippen molar-refractivity contribution in [1.82, 2.24) is 30.4 Å². The van der Waals surface area contributed by atoms with Gasteiger partial charge in [-0.2, -0.15) is 0 Å². The number of benzene rings is 1. The third-order valence-corrected chi connectivity index (χ3v) is 4.67. The van der Waals surface area contributed by atoms with Crippen LogP contribution in [-0.2, 0) is 26.1 Å². The summed E-state index contributed by atoms with van der Waals surface area (Å²) in [4.78, 5) is 8.61. The maximum atomic E-state index is 5.56. The van der Waals surface area contributed by atoms with Crippen molar-refractivity contribution in [1.29, 1.82) is 0 Å². The van der Waals surface area contributed by atoms with Crippen molar-refractivity contribution in [3.63, 3.8) is 0 Å². The second-order valence-corrected chi connectivity index (χ2v) is 6.41. The first-order valence-electron chi connectivity index (χ1n) is 9.18. The maximum Gasteiger partial charge on any atom is 0.191 e. The molecule has 0 aliphatic carbocycles. The van der Waals surface area contributed by atoms with Crippen LogP contribution in [0.1, 0.15) is 30.2 Å². The normalized spacial score (nSPS) is 14.0. The van der Waals surface area contributed by atoms with E-state index in [-0.39, 0.29) is 0 Å². The number of guanidine groups is 1. The van der Waals surface area contributed by atoms with Crippen molar-refractivity contribution >= 4 is 5.96 Å². The number of fused-ring (bicyclic) bond motifs is 1. The molecule has 140 valence electrons. The summed E-state index contributed by atoms with van der Waals surface area (Å²) < 4.78 is 7.77. The lowest BCUT2D eigenvalue weighted by molar-refractivity contribution is 0.504. The summed E-state index contributed by atoms with van der Waals surface area (Å²) >= 11 is 0. The van der Waals surface area contributed by atoms with Gasteiger partial charge in [-0.15, -0.1) is 10.2 Å². The monoisotopic (exact) mass is 365 g/mol. The van der Waals surface area contributed by atoms with Crippen molar-refractivity contribution in [3.8, 4) is 11.3 Å². The molecular formula is C19H23N7O. The Morgan fingerprint density at radius 2 is 2.00 bits per heavy atom. The predicted molar refractivity (Wildman–Crippen MR) is 102 cm³/mol. The fourth-order valence-electron chi connectivity index (χ4n) is 3.27. The molecule has 0 spiro atoms. The van der Waals surface area contributed by atoms with Gasteiger partial charge in [0.15, 0.2) is 23.9 Å². The van der Waals surface area contributed by atoms with Gasteiger partial charge in [0.25, 0.3) is 0 Å². The summed E-state index contributed by atoms with van der Waals surface area (Å²) in [5, 5.41) is 15.2. The van der Waals surface area contributed by atoms with E-state index in [9.17, 15) is 0 Å². The number of aryl methyl sites for hydroxylation is 1. The van der Waals surface area contributed by atoms with Gasteiger partial charge in [0.2, 0.25) is 0 Å². The molecule has 1 aromatic carbocycles. The Balaban J connectivity index is 1.37. The molecule has 0 atom stereocenters. The number of oxazole rings is 1. The zero-order chi connectivity index (χ0) is 18.5. The Morgan fingerprint density at radius 1 is 1.15 bits per heavy atom. The minimum atomic E-state index is 0.512. The average Bonchev–Trinajstić information content (AvgIpc) is 3.36. The topological polar surface area (TPSA) is 93.2 Å². The first-order chi connectivity index (χ1) is 13.3. The molecule has 0 saturated heterocycles. The van der Waals surface area contributed by atoms with Crippen molar-refractivity contribution < 1.29 is 4.42 Å². The molecule has 0 fully saturated rings. The molecule has 0 unspecified atom stereocenters. The quantitative estimate of drug-likeness (QED) is 0.531. The highest BCUT2D eigenvalue weighted by Crippen LogP contribution is 2.22. The minimum absolute atomic E-state index is 0.512. The van der Waals surface area contributed by atoms with Crippen LogP contribution in [0.3, 0.4) is 0 Å². The highest BCUT2D eigenvalue weighted by atomic mass is 16.3. The SMILES string of the molecule is CN=C(NCc1ncoc1-c1ccccc1)NCc1nnc2n1CCCC2. The van der Waals surface area contributed by atoms with Crippen LogP contribution in [0, 0.1) is 0 Å². The van der Waals surface area contributed by atoms with E-state index in [0.717, 1.165) is 41.6 Å². The Kier molecular flexibility index (Phi) is 5.13. The van der Waals surface area contributed by atoms with Crippen molar-refractivity contribution in [2.75, 3.05) is 7.05 Å². The van der Waals surface area contributed by atoms with E-state index >= 15 is 0 Å². The van der Waals surface area contributed by atoms with Gasteiger partial charge >= 0.3 is 0 Å². The third-order valence-electron chi connectivity index (χ3n) is 4.67. The van der Waals surface area contributed by atoms with Gasteiger partial charge in [0.05, 0.1) is 13.1 Å². The Hall–Kier alpha value is -3.16. The van der Waals surface area contributed by atoms with Crippen LogP contribution in [0.25, 0.3) is 11.3 Å². The Bertz CT molecular complexity index is 913. The van der Waals surface area contributed by atoms with Crippen LogP contribution in [0.5, 0.6) is 0 Å². The fourth-order valence-corrected chi connectivity index (χ4v) is 3.27. The Morgan fingerprint density at radius 3 is 2.85 bits per heavy atom. The molecule has 27 heavy (non-hydrogen) atoms. The summed E-state index contributed by atoms with van der Waals surface area (Å²) in [6, 6.07) is 9.95. The first kappa shape index (κ1) is 17.3. The molecule has 0 radical (unpaired) electrons. The van der Waals surface area contributed by atoms with Crippen LogP contribution in [-0.4, -0.2) is 32.8 Å². The van der Waals surface area contributed by atoms with Crippen LogP contribution in [0.4, 0.5) is 0 Å². The van der Waals surface area contributed by atoms with E-state index in [2.05, 4.69) is 35.4 Å². The number of aliphatic imine (C=N–C) groups is 1. The van der Waals surface area contributed by atoms with E-state index in [1.54, 1.807) is 7.05 Å². The number of nitrogens with zero attached hydrogens (tertiary/aromatic N) is 5. The van der Waals surface area contributed by atoms with E-state index in [0.29, 0.717) is 19.0 Å². The summed E-state index contributed by atoms with van der Waals surface area (Å²) in [6.45, 7) is 2.08. The van der Waals surface area contributed by atoms with E-state index in [1.807, 2.05) is 30.3 Å². The van der Waals surface area contributed by atoms with Crippen molar-refractivity contribution in [2.45, 2.75) is 38.9 Å². The molecular weight excluding hydrogens is 342 g/mol. The van der Waals surface area contributed by atoms with Crippen LogP contribution in [0.15, 0.2) is 46.1 Å². The molecule has 2 aromatic heterocycles. The number of hydrogen-bond acceptors (Lipinski definition) is 5. The zero-order valence-electron chi connectivity index (χ0n) is 15.4. The van der Waals surface area contributed by atoms with E-state index < -0.39 is 0 Å². The average molecular weight is 365 g/mol. The molecule has 8 nitrogen and oxygen atoms in total. The summed E-state index contributed by atoms with van der Waals surface area (Å²) in [7, 11) is 1.75. The summed E-state index contributed by atoms with van der Waals surface area (Å²) in [5.74, 6) is 3.48. The minimum Gasteiger partial charge on any atom is -0.443 e. The first-order valence-corrected chi connectivity index (χ1v) is 9.18. The standard InChI is InChI=1S/C19H23N7O/c1-20-19(22-12-17-25-24-16-9-5-6-10-26(16)17)21-11-15-18(27-13-23-15)14-7-3-2-4-8-14/h2-4,7-8,13H,5-6,9-12H2,1H3,(H2,20,21,22). The van der Waals surface area contributed by atoms with Crippen LogP contribution < -0.4 is 10.6 Å². The molecule has 1 aliphatic rings. The van der Waals surface area contributed by atoms with Gasteiger partial charge in [0, 0.05) is 25.6 Å². The molecule has 2 N–H and O–H groups in total. The number of rotatable bonds is 5. The van der Waals surface area contributed by atoms with Gasteiger partial charge < -0.3 is 19.6 Å². The third kappa shape index (κ3) is 3.84. The molecule has 0 amide bonds. The fraction of sp³-hybridized carbons (Fsp3) is 0.368. The predicted octanol–water partition coefficient (Wildman–Crippen LogP) is 2.13. The maximum absolute atomic E-state index is 5.56. The molecule has 0 bridgehead atoms. The van der Waals surface area contributed by atoms with Gasteiger partial charge in [0.1, 0.15) is 11.5 Å². The summed E-state index contributed by atoms with van der Waals surface area (Å²) in [5.41, 5.74) is 1.84. The van der Waals surface area contributed by atoms with Crippen LogP contribution in [0.2, 0.25) is 0 Å².